The van der Waals surface area contributed by atoms with Crippen molar-refractivity contribution in [2.45, 2.75) is 6.92 Å². The normalized spacial score (nSPS) is 12.4. The summed E-state index contributed by atoms with van der Waals surface area (Å²) >= 11 is -4.67. The van der Waals surface area contributed by atoms with Crippen LogP contribution in [0.15, 0.2) is 115 Å². The van der Waals surface area contributed by atoms with E-state index < -0.39 is 12.8 Å². The third-order valence-electron chi connectivity index (χ3n) is 5.62. The van der Waals surface area contributed by atoms with Crippen molar-refractivity contribution in [3.05, 3.63) is 115 Å². The first kappa shape index (κ1) is 21.0. The Hall–Kier alpha value is -3.29. The molecule has 0 unspecified atom stereocenters. The van der Waals surface area contributed by atoms with Crippen molar-refractivity contribution in [2.75, 3.05) is 7.11 Å². The molecule has 0 spiro atoms. The molecule has 0 aliphatic carbocycles. The van der Waals surface area contributed by atoms with Crippen molar-refractivity contribution in [3.63, 3.8) is 0 Å². The Morgan fingerprint density at radius 2 is 0.935 bits per heavy atom. The summed E-state index contributed by atoms with van der Waals surface area (Å²) in [5.41, 5.74) is 0. The third-order valence-corrected chi connectivity index (χ3v) is 17.7. The van der Waals surface area contributed by atoms with E-state index in [0.29, 0.717) is 0 Å². The monoisotopic (exact) mass is 472 g/mol. The van der Waals surface area contributed by atoms with E-state index in [1.54, 1.807) is 7.11 Å². The molecule has 0 aliphatic rings. The van der Waals surface area contributed by atoms with Gasteiger partial charge in [0.25, 0.3) is 0 Å². The van der Waals surface area contributed by atoms with Crippen molar-refractivity contribution in [2.24, 2.45) is 0 Å². The standard InChI is InChI=1S/C27H25AsO3/c1-22(29)31-28(23-12-6-3-7-13-23,24-14-8-4-9-15-24,25-16-10-5-11-17-25)26-18-20-27(30-2)21-19-26/h3-21H,1-2H3. The molecule has 3 nitrogen and oxygen atoms in total. The molecule has 0 amide bonds. The van der Waals surface area contributed by atoms with Crippen LogP contribution in [0.2, 0.25) is 0 Å². The number of methoxy groups -OCH3 is 1. The Kier molecular flexibility index (Phi) is 5.71. The van der Waals surface area contributed by atoms with Gasteiger partial charge in [-0.3, -0.25) is 0 Å². The summed E-state index contributed by atoms with van der Waals surface area (Å²) < 4.78 is 16.2. The van der Waals surface area contributed by atoms with Gasteiger partial charge in [-0.05, 0) is 0 Å². The molecular weight excluding hydrogens is 447 g/mol. The van der Waals surface area contributed by atoms with Crippen molar-refractivity contribution >= 4 is 36.2 Å². The molecule has 0 saturated heterocycles. The predicted molar refractivity (Wildman–Crippen MR) is 128 cm³/mol. The average Bonchev–Trinajstić information content (AvgIpc) is 2.84. The van der Waals surface area contributed by atoms with E-state index in [2.05, 4.69) is 36.4 Å². The van der Waals surface area contributed by atoms with Gasteiger partial charge in [0.05, 0.1) is 0 Å². The maximum atomic E-state index is 12.9. The van der Waals surface area contributed by atoms with Gasteiger partial charge < -0.3 is 0 Å². The van der Waals surface area contributed by atoms with Gasteiger partial charge in [-0.25, -0.2) is 0 Å². The Labute approximate surface area is 184 Å². The molecule has 0 radical (unpaired) electrons. The second kappa shape index (κ2) is 8.45. The zero-order valence-corrected chi connectivity index (χ0v) is 19.5. The summed E-state index contributed by atoms with van der Waals surface area (Å²) in [4.78, 5) is 12.9. The first-order chi connectivity index (χ1) is 15.1. The van der Waals surface area contributed by atoms with E-state index in [-0.39, 0.29) is 5.97 Å². The second-order valence-corrected chi connectivity index (χ2v) is 16.4. The first-order valence-corrected chi connectivity index (χ1v) is 14.7. The Bertz CT molecular complexity index is 1060. The molecule has 0 fully saturated rings. The summed E-state index contributed by atoms with van der Waals surface area (Å²) in [6, 6.07) is 38.5. The summed E-state index contributed by atoms with van der Waals surface area (Å²) in [5.74, 6) is 0.448. The molecular formula is C27H25AsO3. The third kappa shape index (κ3) is 3.26. The molecule has 31 heavy (non-hydrogen) atoms. The fourth-order valence-corrected chi connectivity index (χ4v) is 16.3. The van der Waals surface area contributed by atoms with Crippen molar-refractivity contribution < 1.29 is 13.3 Å². The van der Waals surface area contributed by atoms with Crippen LogP contribution in [-0.4, -0.2) is 25.9 Å². The van der Waals surface area contributed by atoms with Crippen LogP contribution >= 0.6 is 0 Å². The van der Waals surface area contributed by atoms with Gasteiger partial charge in [0.2, 0.25) is 0 Å². The minimum absolute atomic E-state index is 0.307. The molecule has 4 aromatic carbocycles. The Balaban J connectivity index is 2.27. The van der Waals surface area contributed by atoms with Gasteiger partial charge in [-0.1, -0.05) is 0 Å². The van der Waals surface area contributed by atoms with Gasteiger partial charge in [-0.2, -0.15) is 0 Å². The molecule has 0 saturated carbocycles. The first-order valence-electron chi connectivity index (χ1n) is 10.2. The summed E-state index contributed by atoms with van der Waals surface area (Å²) in [6.45, 7) is 1.50. The fraction of sp³-hybridized carbons (Fsp3) is 0.0741. The van der Waals surface area contributed by atoms with E-state index in [1.807, 2.05) is 78.9 Å². The molecule has 4 aromatic rings. The average molecular weight is 472 g/mol. The Morgan fingerprint density at radius 3 is 1.26 bits per heavy atom. The molecule has 0 atom stereocenters. The van der Waals surface area contributed by atoms with E-state index in [4.69, 9.17) is 8.46 Å². The number of carbonyl (C=O) groups is 1. The van der Waals surface area contributed by atoms with Crippen LogP contribution in [0.3, 0.4) is 0 Å². The second-order valence-electron chi connectivity index (χ2n) is 7.32. The molecule has 4 heteroatoms. The Morgan fingerprint density at radius 1 is 0.581 bits per heavy atom. The van der Waals surface area contributed by atoms with Gasteiger partial charge in [0.15, 0.2) is 0 Å². The summed E-state index contributed by atoms with van der Waals surface area (Å²) in [5, 5.41) is 0. The molecule has 156 valence electrons. The minimum atomic E-state index is -4.67. The summed E-state index contributed by atoms with van der Waals surface area (Å²) in [6.07, 6.45) is 0. The SMILES string of the molecule is COc1ccc([As](OC(C)=O)(c2ccccc2)(c2ccccc2)c2ccccc2)cc1. The van der Waals surface area contributed by atoms with Crippen LogP contribution < -0.4 is 22.1 Å². The van der Waals surface area contributed by atoms with Crippen LogP contribution in [0.25, 0.3) is 0 Å². The van der Waals surface area contributed by atoms with E-state index in [0.717, 1.165) is 23.2 Å². The number of hydrogen-bond acceptors (Lipinski definition) is 3. The van der Waals surface area contributed by atoms with E-state index >= 15 is 0 Å². The number of rotatable bonds is 6. The molecule has 0 heterocycles. The van der Waals surface area contributed by atoms with Crippen LogP contribution in [-0.2, 0) is 8.52 Å². The summed E-state index contributed by atoms with van der Waals surface area (Å²) in [7, 11) is 1.65. The number of hydrogen-bond donors (Lipinski definition) is 0. The van der Waals surface area contributed by atoms with Crippen molar-refractivity contribution in [1.29, 1.82) is 0 Å². The van der Waals surface area contributed by atoms with Gasteiger partial charge >= 0.3 is 184 Å². The molecule has 4 rings (SSSR count). The van der Waals surface area contributed by atoms with E-state index in [9.17, 15) is 4.79 Å². The van der Waals surface area contributed by atoms with Crippen LogP contribution in [0.4, 0.5) is 0 Å². The topological polar surface area (TPSA) is 35.5 Å². The predicted octanol–water partition coefficient (Wildman–Crippen LogP) is 3.09. The zero-order valence-electron chi connectivity index (χ0n) is 17.6. The van der Waals surface area contributed by atoms with Crippen molar-refractivity contribution in [3.8, 4) is 5.75 Å². The van der Waals surface area contributed by atoms with Crippen LogP contribution in [0.5, 0.6) is 5.75 Å². The van der Waals surface area contributed by atoms with Crippen molar-refractivity contribution in [1.82, 2.24) is 0 Å². The quantitative estimate of drug-likeness (QED) is 0.405. The fourth-order valence-electron chi connectivity index (χ4n) is 4.37. The molecule has 0 aliphatic heterocycles. The van der Waals surface area contributed by atoms with Crippen LogP contribution in [0, 0.1) is 0 Å². The van der Waals surface area contributed by atoms with Gasteiger partial charge in [0.1, 0.15) is 0 Å². The molecule has 0 N–H and O–H groups in total. The zero-order chi connectivity index (χ0) is 21.8. The molecule has 0 bridgehead atoms. The number of carbonyl (C=O) groups excluding carboxylic acids is 1. The molecule has 0 aromatic heterocycles. The number of benzene rings is 4. The van der Waals surface area contributed by atoms with E-state index in [1.165, 1.54) is 6.92 Å². The van der Waals surface area contributed by atoms with Gasteiger partial charge in [0, 0.05) is 0 Å². The van der Waals surface area contributed by atoms with Crippen LogP contribution in [0.1, 0.15) is 6.92 Å². The van der Waals surface area contributed by atoms with Gasteiger partial charge in [-0.15, -0.1) is 0 Å². The maximum absolute atomic E-state index is 12.9. The number of ether oxygens (including phenoxy) is 1.